The molecule has 0 aliphatic heterocycles. The van der Waals surface area contributed by atoms with Gasteiger partial charge in [0.25, 0.3) is 0 Å². The standard InChI is InChI=1S/C17H16ClN5O3/c1-10(12-4-3-5-19-16(12)18)26-15(25)6-14-13(9-22-23(14)2)17-20-7-11(24)8-21-17/h3-5,7-10,24H,6H2,1-2H3/t10-/m1/s1. The lowest BCUT2D eigenvalue weighted by atomic mass is 10.1. The summed E-state index contributed by atoms with van der Waals surface area (Å²) >= 11 is 6.04. The van der Waals surface area contributed by atoms with Crippen molar-refractivity contribution in [2.24, 2.45) is 7.05 Å². The molecular formula is C17H16ClN5O3. The molecule has 3 aromatic heterocycles. The Balaban J connectivity index is 1.77. The number of esters is 1. The average Bonchev–Trinajstić information content (AvgIpc) is 2.96. The van der Waals surface area contributed by atoms with E-state index < -0.39 is 12.1 Å². The summed E-state index contributed by atoms with van der Waals surface area (Å²) in [7, 11) is 1.72. The number of aryl methyl sites for hydroxylation is 1. The Morgan fingerprint density at radius 3 is 2.73 bits per heavy atom. The minimum Gasteiger partial charge on any atom is -0.505 e. The van der Waals surface area contributed by atoms with E-state index in [2.05, 4.69) is 20.1 Å². The average molecular weight is 374 g/mol. The predicted molar refractivity (Wildman–Crippen MR) is 93.4 cm³/mol. The van der Waals surface area contributed by atoms with Crippen LogP contribution in [-0.4, -0.2) is 35.8 Å². The summed E-state index contributed by atoms with van der Waals surface area (Å²) in [5, 5.41) is 13.8. The number of carbonyl (C=O) groups is 1. The Hall–Kier alpha value is -3.00. The number of carbonyl (C=O) groups excluding carboxylic acids is 1. The molecule has 0 radical (unpaired) electrons. The molecule has 0 amide bonds. The van der Waals surface area contributed by atoms with E-state index in [1.165, 1.54) is 12.4 Å². The van der Waals surface area contributed by atoms with E-state index in [0.29, 0.717) is 27.8 Å². The number of aromatic nitrogens is 5. The van der Waals surface area contributed by atoms with Crippen molar-refractivity contribution < 1.29 is 14.6 Å². The quantitative estimate of drug-likeness (QED) is 0.541. The molecule has 26 heavy (non-hydrogen) atoms. The summed E-state index contributed by atoms with van der Waals surface area (Å²) in [6.45, 7) is 1.73. The van der Waals surface area contributed by atoms with Gasteiger partial charge in [-0.3, -0.25) is 9.48 Å². The van der Waals surface area contributed by atoms with Crippen molar-refractivity contribution in [2.45, 2.75) is 19.4 Å². The third kappa shape index (κ3) is 3.80. The van der Waals surface area contributed by atoms with Gasteiger partial charge in [-0.05, 0) is 13.0 Å². The smallest absolute Gasteiger partial charge is 0.312 e. The Bertz CT molecular complexity index is 926. The number of nitrogens with zero attached hydrogens (tertiary/aromatic N) is 5. The van der Waals surface area contributed by atoms with Crippen molar-refractivity contribution in [1.29, 1.82) is 0 Å². The summed E-state index contributed by atoms with van der Waals surface area (Å²) in [4.78, 5) is 24.5. The highest BCUT2D eigenvalue weighted by atomic mass is 35.5. The van der Waals surface area contributed by atoms with Gasteiger partial charge in [0, 0.05) is 18.8 Å². The normalized spacial score (nSPS) is 12.0. The molecule has 0 saturated heterocycles. The van der Waals surface area contributed by atoms with Crippen LogP contribution in [0.5, 0.6) is 5.75 Å². The molecule has 0 saturated carbocycles. The summed E-state index contributed by atoms with van der Waals surface area (Å²) < 4.78 is 7.03. The van der Waals surface area contributed by atoms with Crippen LogP contribution in [0.25, 0.3) is 11.4 Å². The number of hydrogen-bond acceptors (Lipinski definition) is 7. The minimum atomic E-state index is -0.537. The highest BCUT2D eigenvalue weighted by Crippen LogP contribution is 2.25. The van der Waals surface area contributed by atoms with Crippen LogP contribution >= 0.6 is 11.6 Å². The molecule has 1 atom stereocenters. The van der Waals surface area contributed by atoms with Gasteiger partial charge in [-0.15, -0.1) is 0 Å². The summed E-state index contributed by atoms with van der Waals surface area (Å²) in [6.07, 6.45) is 5.15. The zero-order valence-electron chi connectivity index (χ0n) is 14.1. The molecule has 0 unspecified atom stereocenters. The number of ether oxygens (including phenoxy) is 1. The first-order chi connectivity index (χ1) is 12.5. The summed E-state index contributed by atoms with van der Waals surface area (Å²) in [6, 6.07) is 3.49. The Morgan fingerprint density at radius 1 is 1.31 bits per heavy atom. The monoisotopic (exact) mass is 373 g/mol. The second-order valence-corrected chi connectivity index (χ2v) is 5.94. The van der Waals surface area contributed by atoms with Crippen LogP contribution in [0.15, 0.2) is 36.9 Å². The lowest BCUT2D eigenvalue weighted by Gasteiger charge is -2.14. The number of hydrogen-bond donors (Lipinski definition) is 1. The van der Waals surface area contributed by atoms with Crippen LogP contribution in [-0.2, 0) is 23.0 Å². The second-order valence-electron chi connectivity index (χ2n) is 5.59. The van der Waals surface area contributed by atoms with Crippen molar-refractivity contribution in [3.8, 4) is 17.1 Å². The van der Waals surface area contributed by atoms with Gasteiger partial charge in [0.2, 0.25) is 0 Å². The molecule has 1 N–H and O–H groups in total. The van der Waals surface area contributed by atoms with E-state index in [0.717, 1.165) is 0 Å². The molecule has 0 fully saturated rings. The highest BCUT2D eigenvalue weighted by molar-refractivity contribution is 6.30. The molecule has 3 heterocycles. The van der Waals surface area contributed by atoms with E-state index in [4.69, 9.17) is 16.3 Å². The topological polar surface area (TPSA) is 103 Å². The molecule has 0 spiro atoms. The molecule has 0 aliphatic carbocycles. The maximum atomic E-state index is 12.4. The van der Waals surface area contributed by atoms with Crippen LogP contribution in [0.4, 0.5) is 0 Å². The Kier molecular flexibility index (Phi) is 5.13. The fraction of sp³-hybridized carbons (Fsp3) is 0.235. The van der Waals surface area contributed by atoms with Gasteiger partial charge in [0.1, 0.15) is 11.3 Å². The molecular weight excluding hydrogens is 358 g/mol. The molecule has 134 valence electrons. The van der Waals surface area contributed by atoms with Gasteiger partial charge in [0.05, 0.1) is 36.3 Å². The fourth-order valence-corrected chi connectivity index (χ4v) is 2.73. The third-order valence-electron chi connectivity index (χ3n) is 3.79. The van der Waals surface area contributed by atoms with Crippen molar-refractivity contribution in [2.75, 3.05) is 0 Å². The van der Waals surface area contributed by atoms with Crippen molar-refractivity contribution in [1.82, 2.24) is 24.7 Å². The molecule has 3 rings (SSSR count). The maximum Gasteiger partial charge on any atom is 0.312 e. The van der Waals surface area contributed by atoms with E-state index in [1.807, 2.05) is 0 Å². The lowest BCUT2D eigenvalue weighted by molar-refractivity contribution is -0.147. The van der Waals surface area contributed by atoms with Crippen LogP contribution in [0.1, 0.15) is 24.3 Å². The van der Waals surface area contributed by atoms with E-state index in [1.54, 1.807) is 43.2 Å². The molecule has 8 nitrogen and oxygen atoms in total. The SMILES string of the molecule is C[C@@H](OC(=O)Cc1c(-c2ncc(O)cn2)cnn1C)c1cccnc1Cl. The number of pyridine rings is 1. The van der Waals surface area contributed by atoms with Gasteiger partial charge >= 0.3 is 5.97 Å². The van der Waals surface area contributed by atoms with Crippen molar-refractivity contribution in [3.63, 3.8) is 0 Å². The first kappa shape index (κ1) is 17.8. The maximum absolute atomic E-state index is 12.4. The van der Waals surface area contributed by atoms with E-state index in [-0.39, 0.29) is 12.2 Å². The van der Waals surface area contributed by atoms with Crippen molar-refractivity contribution in [3.05, 3.63) is 53.3 Å². The summed E-state index contributed by atoms with van der Waals surface area (Å²) in [5.41, 5.74) is 1.83. The van der Waals surface area contributed by atoms with Crippen LogP contribution in [0, 0.1) is 0 Å². The first-order valence-corrected chi connectivity index (χ1v) is 8.15. The van der Waals surface area contributed by atoms with E-state index in [9.17, 15) is 9.90 Å². The molecule has 0 aliphatic rings. The van der Waals surface area contributed by atoms with Crippen LogP contribution < -0.4 is 0 Å². The fourth-order valence-electron chi connectivity index (χ4n) is 2.46. The summed E-state index contributed by atoms with van der Waals surface area (Å²) in [5.74, 6) is -0.121. The number of aromatic hydroxyl groups is 1. The van der Waals surface area contributed by atoms with Crippen LogP contribution in [0.2, 0.25) is 5.15 Å². The Morgan fingerprint density at radius 2 is 2.04 bits per heavy atom. The van der Waals surface area contributed by atoms with Gasteiger partial charge in [-0.1, -0.05) is 17.7 Å². The third-order valence-corrected chi connectivity index (χ3v) is 4.10. The lowest BCUT2D eigenvalue weighted by Crippen LogP contribution is -2.14. The number of halogens is 1. The van der Waals surface area contributed by atoms with Gasteiger partial charge in [-0.25, -0.2) is 15.0 Å². The zero-order chi connectivity index (χ0) is 18.7. The minimum absolute atomic E-state index is 0.0156. The zero-order valence-corrected chi connectivity index (χ0v) is 14.9. The predicted octanol–water partition coefficient (Wildman–Crippen LogP) is 2.48. The molecule has 3 aromatic rings. The highest BCUT2D eigenvalue weighted by Gasteiger charge is 2.20. The number of rotatable bonds is 5. The Labute approximate surface area is 154 Å². The second kappa shape index (κ2) is 7.49. The van der Waals surface area contributed by atoms with Crippen LogP contribution in [0.3, 0.4) is 0 Å². The molecule has 9 heteroatoms. The van der Waals surface area contributed by atoms with Gasteiger partial charge in [0.15, 0.2) is 11.6 Å². The van der Waals surface area contributed by atoms with Gasteiger partial charge < -0.3 is 9.84 Å². The largest absolute Gasteiger partial charge is 0.505 e. The molecule has 0 bridgehead atoms. The van der Waals surface area contributed by atoms with Gasteiger partial charge in [-0.2, -0.15) is 5.10 Å². The van der Waals surface area contributed by atoms with Crippen molar-refractivity contribution >= 4 is 17.6 Å². The first-order valence-electron chi connectivity index (χ1n) is 7.78. The molecule has 0 aromatic carbocycles. The van der Waals surface area contributed by atoms with E-state index >= 15 is 0 Å².